The standard InChI is InChI=1S/C45H48O4/c1-4-7-27-48-44-38-21-13-22-39(44)31-41-24-14-23-40(45(41)49-32-33-15-9-8-10-16-33)30-37-20-12-18-35(43(37)47-26-6-3)28-34-17-11-19-36(29-38)42(34)46-25-5-2/h6,8-24H,3-5,7,25-32H2,1-2H3. The van der Waals surface area contributed by atoms with Gasteiger partial charge in [0.25, 0.3) is 0 Å². The van der Waals surface area contributed by atoms with E-state index in [-0.39, 0.29) is 0 Å². The predicted molar refractivity (Wildman–Crippen MR) is 200 cm³/mol. The van der Waals surface area contributed by atoms with Crippen molar-refractivity contribution < 1.29 is 18.9 Å². The van der Waals surface area contributed by atoms with Gasteiger partial charge in [-0.15, -0.1) is 0 Å². The fourth-order valence-corrected chi connectivity index (χ4v) is 6.62. The summed E-state index contributed by atoms with van der Waals surface area (Å²) in [6, 6.07) is 36.5. The van der Waals surface area contributed by atoms with E-state index < -0.39 is 0 Å². The Morgan fingerprint density at radius 2 is 0.878 bits per heavy atom. The van der Waals surface area contributed by atoms with E-state index in [0.717, 1.165) is 86.8 Å². The van der Waals surface area contributed by atoms with Crippen LogP contribution in [0.1, 0.15) is 83.2 Å². The van der Waals surface area contributed by atoms with E-state index >= 15 is 0 Å². The maximum absolute atomic E-state index is 6.78. The number of hydrogen-bond acceptors (Lipinski definition) is 4. The quantitative estimate of drug-likeness (QED) is 0.0919. The van der Waals surface area contributed by atoms with Crippen molar-refractivity contribution in [2.75, 3.05) is 19.8 Å². The van der Waals surface area contributed by atoms with E-state index in [9.17, 15) is 0 Å². The molecule has 0 aromatic heterocycles. The summed E-state index contributed by atoms with van der Waals surface area (Å²) in [4.78, 5) is 0. The van der Waals surface area contributed by atoms with Gasteiger partial charge < -0.3 is 18.9 Å². The normalized spacial score (nSPS) is 12.2. The highest BCUT2D eigenvalue weighted by atomic mass is 16.5. The molecule has 1 aliphatic carbocycles. The molecule has 0 spiro atoms. The second-order valence-electron chi connectivity index (χ2n) is 12.8. The zero-order valence-corrected chi connectivity index (χ0v) is 29.0. The van der Waals surface area contributed by atoms with E-state index in [0.29, 0.717) is 52.1 Å². The topological polar surface area (TPSA) is 36.9 Å². The molecule has 0 heterocycles. The Balaban J connectivity index is 1.54. The molecule has 252 valence electrons. The van der Waals surface area contributed by atoms with Crippen LogP contribution in [0.2, 0.25) is 0 Å². The Morgan fingerprint density at radius 1 is 0.469 bits per heavy atom. The lowest BCUT2D eigenvalue weighted by molar-refractivity contribution is 0.298. The minimum atomic E-state index is 0.427. The number of fused-ring (bicyclic) bond motifs is 8. The molecule has 0 amide bonds. The number of ether oxygens (including phenoxy) is 4. The van der Waals surface area contributed by atoms with Gasteiger partial charge in [0.15, 0.2) is 0 Å². The molecule has 0 saturated carbocycles. The van der Waals surface area contributed by atoms with Crippen LogP contribution in [0, 0.1) is 0 Å². The summed E-state index contributed by atoms with van der Waals surface area (Å²) in [5.41, 5.74) is 10.3. The molecular formula is C45H48O4. The van der Waals surface area contributed by atoms with Crippen LogP contribution in [-0.4, -0.2) is 19.8 Å². The molecule has 4 heteroatoms. The lowest BCUT2D eigenvalue weighted by Crippen LogP contribution is -2.09. The summed E-state index contributed by atoms with van der Waals surface area (Å²) in [6.45, 7) is 10.6. The number of rotatable bonds is 13. The molecule has 6 rings (SSSR count). The van der Waals surface area contributed by atoms with Gasteiger partial charge in [0.2, 0.25) is 0 Å². The average molecular weight is 653 g/mol. The van der Waals surface area contributed by atoms with Crippen molar-refractivity contribution in [2.24, 2.45) is 0 Å². The Labute approximate surface area is 292 Å². The first kappa shape index (κ1) is 33.9. The molecule has 4 nitrogen and oxygen atoms in total. The Bertz CT molecular complexity index is 1840. The van der Waals surface area contributed by atoms with Gasteiger partial charge >= 0.3 is 0 Å². The largest absolute Gasteiger partial charge is 0.493 e. The van der Waals surface area contributed by atoms with Crippen molar-refractivity contribution >= 4 is 0 Å². The number of para-hydroxylation sites is 4. The Morgan fingerprint density at radius 3 is 1.29 bits per heavy atom. The van der Waals surface area contributed by atoms with Crippen LogP contribution in [0.15, 0.2) is 116 Å². The zero-order chi connectivity index (χ0) is 33.8. The second-order valence-corrected chi connectivity index (χ2v) is 12.8. The molecule has 8 bridgehead atoms. The van der Waals surface area contributed by atoms with E-state index in [1.807, 2.05) is 12.1 Å². The molecule has 1 aliphatic rings. The van der Waals surface area contributed by atoms with E-state index in [2.05, 4.69) is 117 Å². The maximum Gasteiger partial charge on any atom is 0.126 e. The van der Waals surface area contributed by atoms with E-state index in [4.69, 9.17) is 18.9 Å². The lowest BCUT2D eigenvalue weighted by atomic mass is 9.91. The number of hydrogen-bond donors (Lipinski definition) is 0. The smallest absolute Gasteiger partial charge is 0.126 e. The molecule has 0 radical (unpaired) electrons. The van der Waals surface area contributed by atoms with Gasteiger partial charge in [0, 0.05) is 25.7 Å². The molecule has 0 unspecified atom stereocenters. The first-order valence-electron chi connectivity index (χ1n) is 17.8. The van der Waals surface area contributed by atoms with Gasteiger partial charge in [-0.05, 0) is 62.9 Å². The van der Waals surface area contributed by atoms with E-state index in [1.54, 1.807) is 0 Å². The first-order valence-corrected chi connectivity index (χ1v) is 17.8. The number of unbranched alkanes of at least 4 members (excludes halogenated alkanes) is 1. The van der Waals surface area contributed by atoms with Crippen molar-refractivity contribution in [3.63, 3.8) is 0 Å². The predicted octanol–water partition coefficient (Wildman–Crippen LogP) is 10.5. The minimum Gasteiger partial charge on any atom is -0.493 e. The van der Waals surface area contributed by atoms with Crippen molar-refractivity contribution in [1.82, 2.24) is 0 Å². The maximum atomic E-state index is 6.78. The highest BCUT2D eigenvalue weighted by Gasteiger charge is 2.21. The second kappa shape index (κ2) is 16.9. The Hall–Kier alpha value is -4.96. The SMILES string of the molecule is C=CCOc1c2cccc1Cc1cccc(c1OCc1ccccc1)Cc1cccc(c1OCCCC)Cc1cccc(c1OCCC)C2. The van der Waals surface area contributed by atoms with Gasteiger partial charge in [0.1, 0.15) is 36.2 Å². The molecular weight excluding hydrogens is 604 g/mol. The summed E-state index contributed by atoms with van der Waals surface area (Å²) in [6.07, 6.45) is 7.57. The van der Waals surface area contributed by atoms with Crippen molar-refractivity contribution in [3.05, 3.63) is 166 Å². The fraction of sp³-hybridized carbons (Fsp3) is 0.289. The Kier molecular flexibility index (Phi) is 11.7. The molecule has 0 saturated heterocycles. The third-order valence-electron chi connectivity index (χ3n) is 9.00. The van der Waals surface area contributed by atoms with Crippen LogP contribution in [0.5, 0.6) is 23.0 Å². The zero-order valence-electron chi connectivity index (χ0n) is 29.0. The summed E-state index contributed by atoms with van der Waals surface area (Å²) < 4.78 is 26.5. The van der Waals surface area contributed by atoms with Gasteiger partial charge in [-0.3, -0.25) is 0 Å². The van der Waals surface area contributed by atoms with Gasteiger partial charge in [0.05, 0.1) is 13.2 Å². The summed E-state index contributed by atoms with van der Waals surface area (Å²) in [5, 5.41) is 0. The summed E-state index contributed by atoms with van der Waals surface area (Å²) in [5.74, 6) is 3.75. The third-order valence-corrected chi connectivity index (χ3v) is 9.00. The van der Waals surface area contributed by atoms with Crippen molar-refractivity contribution in [1.29, 1.82) is 0 Å². The third kappa shape index (κ3) is 8.37. The molecule has 0 N–H and O–H groups in total. The van der Waals surface area contributed by atoms with Gasteiger partial charge in [-0.25, -0.2) is 0 Å². The van der Waals surface area contributed by atoms with Crippen LogP contribution >= 0.6 is 0 Å². The highest BCUT2D eigenvalue weighted by Crippen LogP contribution is 2.39. The van der Waals surface area contributed by atoms with Crippen LogP contribution in [-0.2, 0) is 32.3 Å². The average Bonchev–Trinajstić information content (AvgIpc) is 3.12. The van der Waals surface area contributed by atoms with Crippen molar-refractivity contribution in [2.45, 2.75) is 65.4 Å². The van der Waals surface area contributed by atoms with Crippen LogP contribution in [0.4, 0.5) is 0 Å². The molecule has 5 aromatic carbocycles. The minimum absolute atomic E-state index is 0.427. The lowest BCUT2D eigenvalue weighted by Gasteiger charge is -2.22. The molecule has 5 aromatic rings. The van der Waals surface area contributed by atoms with E-state index in [1.165, 1.54) is 5.56 Å². The molecule has 0 fully saturated rings. The van der Waals surface area contributed by atoms with Gasteiger partial charge in [-0.2, -0.15) is 0 Å². The fourth-order valence-electron chi connectivity index (χ4n) is 6.62. The van der Waals surface area contributed by atoms with Crippen LogP contribution < -0.4 is 18.9 Å². The highest BCUT2D eigenvalue weighted by molar-refractivity contribution is 5.56. The summed E-state index contributed by atoms with van der Waals surface area (Å²) >= 11 is 0. The van der Waals surface area contributed by atoms with Crippen LogP contribution in [0.3, 0.4) is 0 Å². The van der Waals surface area contributed by atoms with Gasteiger partial charge in [-0.1, -0.05) is 136 Å². The monoisotopic (exact) mass is 652 g/mol. The summed E-state index contributed by atoms with van der Waals surface area (Å²) in [7, 11) is 0. The number of benzene rings is 5. The molecule has 0 aliphatic heterocycles. The molecule has 49 heavy (non-hydrogen) atoms. The van der Waals surface area contributed by atoms with Crippen LogP contribution in [0.25, 0.3) is 0 Å². The first-order chi connectivity index (χ1) is 24.2. The molecule has 0 atom stereocenters. The van der Waals surface area contributed by atoms with Crippen molar-refractivity contribution in [3.8, 4) is 23.0 Å².